The molecule has 1 heterocycles. The smallest absolute Gasteiger partial charge is 0.326 e. The van der Waals surface area contributed by atoms with E-state index in [1.54, 1.807) is 0 Å². The molecule has 0 aliphatic rings. The van der Waals surface area contributed by atoms with Gasteiger partial charge in [0.1, 0.15) is 18.1 Å². The Morgan fingerprint density at radius 1 is 0.970 bits per heavy atom. The van der Waals surface area contributed by atoms with Crippen LogP contribution in [0.1, 0.15) is 31.9 Å². The number of carbonyl (C=O) groups is 6. The van der Waals surface area contributed by atoms with E-state index in [4.69, 9.17) is 17.2 Å². The van der Waals surface area contributed by atoms with Crippen molar-refractivity contribution in [2.24, 2.45) is 17.2 Å². The Morgan fingerprint density at radius 2 is 1.55 bits per heavy atom. The third-order valence-electron chi connectivity index (χ3n) is 4.36. The lowest BCUT2D eigenvalue weighted by Crippen LogP contribution is -2.58. The van der Waals surface area contributed by atoms with Gasteiger partial charge in [0.25, 0.3) is 0 Å². The lowest BCUT2D eigenvalue weighted by molar-refractivity contribution is -0.142. The summed E-state index contributed by atoms with van der Waals surface area (Å²) < 4.78 is 0. The van der Waals surface area contributed by atoms with Crippen molar-refractivity contribution < 1.29 is 33.9 Å². The maximum atomic E-state index is 12.8. The number of nitrogens with zero attached hydrogens (tertiary/aromatic N) is 1. The highest BCUT2D eigenvalue weighted by molar-refractivity contribution is 5.96. The number of carboxylic acid groups (broad SMARTS) is 1. The summed E-state index contributed by atoms with van der Waals surface area (Å²) in [5.41, 5.74) is 16.1. The molecule has 11 N–H and O–H groups in total. The van der Waals surface area contributed by atoms with Crippen LogP contribution in [0.25, 0.3) is 0 Å². The van der Waals surface area contributed by atoms with Gasteiger partial charge in [-0.2, -0.15) is 0 Å². The van der Waals surface area contributed by atoms with E-state index >= 15 is 0 Å². The van der Waals surface area contributed by atoms with E-state index in [0.29, 0.717) is 5.69 Å². The third kappa shape index (κ3) is 9.77. The minimum absolute atomic E-state index is 0.135. The van der Waals surface area contributed by atoms with Crippen LogP contribution in [0, 0.1) is 0 Å². The Hall–Kier alpha value is -4.01. The van der Waals surface area contributed by atoms with Crippen LogP contribution in [0.15, 0.2) is 12.5 Å². The molecule has 5 amide bonds. The number of imidazole rings is 1. The molecule has 0 saturated heterocycles. The van der Waals surface area contributed by atoms with Gasteiger partial charge in [-0.25, -0.2) is 9.78 Å². The Bertz CT molecular complexity index is 871. The number of nitrogens with two attached hydrogens (primary N) is 3. The molecule has 182 valence electrons. The number of carboxylic acids is 1. The number of hydrogen-bond donors (Lipinski definition) is 8. The van der Waals surface area contributed by atoms with Crippen molar-refractivity contribution in [2.45, 2.75) is 56.8 Å². The van der Waals surface area contributed by atoms with Crippen LogP contribution in [0.3, 0.4) is 0 Å². The number of carbonyl (C=O) groups excluding carboxylic acids is 5. The standard InChI is InChI=1S/C18H28N8O7/c1-8(19)15(29)25-12(5-14(21)28)17(31)26-11(4-9-6-22-7-23-9)16(30)24-10(18(32)33)2-3-13(20)27/h6-8,10-12H,2-5,19H2,1H3,(H2,20,27)(H2,21,28)(H,22,23)(H,24,30)(H,25,29)(H,26,31)(H,32,33). The zero-order valence-corrected chi connectivity index (χ0v) is 17.9. The zero-order valence-electron chi connectivity index (χ0n) is 17.9. The molecule has 4 unspecified atom stereocenters. The maximum Gasteiger partial charge on any atom is 0.326 e. The highest BCUT2D eigenvalue weighted by atomic mass is 16.4. The number of hydrogen-bond acceptors (Lipinski definition) is 8. The fraction of sp³-hybridized carbons (Fsp3) is 0.500. The van der Waals surface area contributed by atoms with Gasteiger partial charge in [-0.1, -0.05) is 0 Å². The van der Waals surface area contributed by atoms with Crippen molar-refractivity contribution in [1.29, 1.82) is 0 Å². The number of rotatable bonds is 14. The molecule has 0 aromatic carbocycles. The largest absolute Gasteiger partial charge is 0.480 e. The van der Waals surface area contributed by atoms with Crippen molar-refractivity contribution in [3.05, 3.63) is 18.2 Å². The molecular formula is C18H28N8O7. The first-order valence-corrected chi connectivity index (χ1v) is 9.84. The third-order valence-corrected chi connectivity index (χ3v) is 4.36. The molecule has 15 heteroatoms. The quantitative estimate of drug-likeness (QED) is 0.132. The second-order valence-electron chi connectivity index (χ2n) is 7.27. The first-order valence-electron chi connectivity index (χ1n) is 9.84. The monoisotopic (exact) mass is 468 g/mol. The summed E-state index contributed by atoms with van der Waals surface area (Å²) in [6.45, 7) is 1.36. The number of H-pyrrole nitrogens is 1. The molecule has 0 spiro atoms. The molecule has 0 saturated carbocycles. The van der Waals surface area contributed by atoms with Crippen LogP contribution in [0.4, 0.5) is 0 Å². The van der Waals surface area contributed by atoms with Crippen molar-refractivity contribution >= 4 is 35.5 Å². The SMILES string of the molecule is CC(N)C(=O)NC(CC(N)=O)C(=O)NC(Cc1cnc[nH]1)C(=O)NC(CCC(N)=O)C(=O)O. The molecule has 33 heavy (non-hydrogen) atoms. The minimum atomic E-state index is -1.45. The minimum Gasteiger partial charge on any atom is -0.480 e. The van der Waals surface area contributed by atoms with Gasteiger partial charge >= 0.3 is 5.97 Å². The van der Waals surface area contributed by atoms with E-state index < -0.39 is 66.1 Å². The predicted octanol–water partition coefficient (Wildman–Crippen LogP) is -4.02. The van der Waals surface area contributed by atoms with E-state index in [1.165, 1.54) is 19.4 Å². The van der Waals surface area contributed by atoms with Crippen LogP contribution in [-0.4, -0.2) is 74.7 Å². The predicted molar refractivity (Wildman–Crippen MR) is 112 cm³/mol. The molecule has 1 rings (SSSR count). The summed E-state index contributed by atoms with van der Waals surface area (Å²) in [6, 6.07) is -5.21. The van der Waals surface area contributed by atoms with Gasteiger partial charge in [0.15, 0.2) is 0 Å². The summed E-state index contributed by atoms with van der Waals surface area (Å²) in [4.78, 5) is 77.8. The number of amides is 5. The van der Waals surface area contributed by atoms with Crippen molar-refractivity contribution in [3.63, 3.8) is 0 Å². The Balaban J connectivity index is 3.05. The van der Waals surface area contributed by atoms with Crippen LogP contribution in [0.5, 0.6) is 0 Å². The fourth-order valence-electron chi connectivity index (χ4n) is 2.63. The number of aromatic nitrogens is 2. The summed E-state index contributed by atoms with van der Waals surface area (Å²) in [6.07, 6.45) is 1.45. The van der Waals surface area contributed by atoms with E-state index in [0.717, 1.165) is 0 Å². The second kappa shape index (κ2) is 12.7. The molecule has 1 aromatic heterocycles. The normalized spacial score (nSPS) is 14.2. The van der Waals surface area contributed by atoms with E-state index in [-0.39, 0.29) is 19.3 Å². The van der Waals surface area contributed by atoms with Gasteiger partial charge in [-0.05, 0) is 13.3 Å². The first kappa shape index (κ1) is 27.0. The van der Waals surface area contributed by atoms with Crippen molar-refractivity contribution in [2.75, 3.05) is 0 Å². The highest BCUT2D eigenvalue weighted by Crippen LogP contribution is 2.04. The van der Waals surface area contributed by atoms with Gasteiger partial charge in [-0.15, -0.1) is 0 Å². The molecule has 0 bridgehead atoms. The number of aromatic amines is 1. The molecule has 0 aliphatic heterocycles. The fourth-order valence-corrected chi connectivity index (χ4v) is 2.63. The molecule has 0 fully saturated rings. The molecule has 1 aromatic rings. The Labute approximate surface area is 188 Å². The summed E-state index contributed by atoms with van der Waals surface area (Å²) in [5.74, 6) is -5.61. The number of primary amides is 2. The van der Waals surface area contributed by atoms with Crippen LogP contribution in [-0.2, 0) is 35.2 Å². The van der Waals surface area contributed by atoms with Gasteiger partial charge in [0.2, 0.25) is 29.5 Å². The summed E-state index contributed by atoms with van der Waals surface area (Å²) >= 11 is 0. The van der Waals surface area contributed by atoms with Crippen LogP contribution >= 0.6 is 0 Å². The zero-order chi connectivity index (χ0) is 25.1. The molecule has 4 atom stereocenters. The molecular weight excluding hydrogens is 440 g/mol. The lowest BCUT2D eigenvalue weighted by Gasteiger charge is -2.24. The van der Waals surface area contributed by atoms with Crippen LogP contribution < -0.4 is 33.2 Å². The van der Waals surface area contributed by atoms with E-state index in [9.17, 15) is 33.9 Å². The average molecular weight is 468 g/mol. The molecule has 0 aliphatic carbocycles. The summed E-state index contributed by atoms with van der Waals surface area (Å²) in [7, 11) is 0. The molecule has 15 nitrogen and oxygen atoms in total. The highest BCUT2D eigenvalue weighted by Gasteiger charge is 2.31. The van der Waals surface area contributed by atoms with Gasteiger partial charge in [0.05, 0.1) is 18.8 Å². The van der Waals surface area contributed by atoms with Gasteiger partial charge in [-0.3, -0.25) is 24.0 Å². The van der Waals surface area contributed by atoms with Crippen molar-refractivity contribution in [1.82, 2.24) is 25.9 Å². The molecule has 0 radical (unpaired) electrons. The maximum absolute atomic E-state index is 12.8. The van der Waals surface area contributed by atoms with Gasteiger partial charge in [0, 0.05) is 24.7 Å². The second-order valence-corrected chi connectivity index (χ2v) is 7.27. The Morgan fingerprint density at radius 3 is 2.03 bits per heavy atom. The van der Waals surface area contributed by atoms with E-state index in [1.807, 2.05) is 0 Å². The number of aliphatic carboxylic acids is 1. The summed E-state index contributed by atoms with van der Waals surface area (Å²) in [5, 5.41) is 16.2. The average Bonchev–Trinajstić information content (AvgIpc) is 3.22. The van der Waals surface area contributed by atoms with E-state index in [2.05, 4.69) is 25.9 Å². The van der Waals surface area contributed by atoms with Gasteiger partial charge < -0.3 is 43.2 Å². The Kier molecular flexibility index (Phi) is 10.4. The first-order chi connectivity index (χ1) is 15.4. The topological polar surface area (TPSA) is 265 Å². The van der Waals surface area contributed by atoms with Crippen LogP contribution in [0.2, 0.25) is 0 Å². The lowest BCUT2D eigenvalue weighted by atomic mass is 10.1. The van der Waals surface area contributed by atoms with Crippen molar-refractivity contribution in [3.8, 4) is 0 Å². The number of nitrogens with one attached hydrogen (secondary N) is 4.